The van der Waals surface area contributed by atoms with E-state index >= 15 is 0 Å². The first-order chi connectivity index (χ1) is 12.4. The molecular formula is C20H29N3O3. The second-order valence-corrected chi connectivity index (χ2v) is 6.45. The summed E-state index contributed by atoms with van der Waals surface area (Å²) in [5.74, 6) is 0.181. The fraction of sp³-hybridized carbons (Fsp3) is 0.400. The molecule has 0 aliphatic rings. The molecule has 0 aliphatic heterocycles. The summed E-state index contributed by atoms with van der Waals surface area (Å²) in [6.45, 7) is 8.06. The summed E-state index contributed by atoms with van der Waals surface area (Å²) >= 11 is 0. The largest absolute Gasteiger partial charge is 0.508 e. The first kappa shape index (κ1) is 19.9. The third-order valence-electron chi connectivity index (χ3n) is 4.12. The van der Waals surface area contributed by atoms with Crippen molar-refractivity contribution in [3.05, 3.63) is 47.5 Å². The van der Waals surface area contributed by atoms with Gasteiger partial charge in [-0.25, -0.2) is 0 Å². The van der Waals surface area contributed by atoms with Crippen molar-refractivity contribution in [1.29, 1.82) is 0 Å². The zero-order chi connectivity index (χ0) is 19.1. The lowest BCUT2D eigenvalue weighted by atomic mass is 9.98. The molecule has 0 spiro atoms. The molecule has 6 nitrogen and oxygen atoms in total. The first-order valence-corrected chi connectivity index (χ1v) is 8.92. The molecule has 26 heavy (non-hydrogen) atoms. The Hall–Kier alpha value is -2.44. The maximum atomic E-state index is 10.1. The number of aromatic hydroxyl groups is 2. The normalized spacial score (nSPS) is 12.2. The standard InChI is InChI=1S/C20H29N3O3/c1-4-26-10-9-22-14-5-7-15(8-6-14)23-20(21)17-11-16(13(2)3)18(24)12-19(17)25/h5-8,11-13,20,22-25H,4,9-10,21H2,1-3H3. The zero-order valence-corrected chi connectivity index (χ0v) is 15.6. The number of anilines is 2. The Morgan fingerprint density at radius 3 is 2.23 bits per heavy atom. The van der Waals surface area contributed by atoms with Crippen LogP contribution in [0, 0.1) is 0 Å². The Labute approximate surface area is 155 Å². The summed E-state index contributed by atoms with van der Waals surface area (Å²) in [6, 6.07) is 10.8. The molecule has 0 saturated heterocycles. The van der Waals surface area contributed by atoms with Gasteiger partial charge in [0.1, 0.15) is 17.7 Å². The Kier molecular flexibility index (Phi) is 7.12. The van der Waals surface area contributed by atoms with E-state index in [2.05, 4.69) is 10.6 Å². The maximum Gasteiger partial charge on any atom is 0.125 e. The minimum Gasteiger partial charge on any atom is -0.508 e. The molecule has 1 unspecified atom stereocenters. The molecule has 0 heterocycles. The van der Waals surface area contributed by atoms with Gasteiger partial charge in [0.2, 0.25) is 0 Å². The van der Waals surface area contributed by atoms with Crippen molar-refractivity contribution in [1.82, 2.24) is 0 Å². The molecular weight excluding hydrogens is 330 g/mol. The third-order valence-corrected chi connectivity index (χ3v) is 4.12. The van der Waals surface area contributed by atoms with Crippen LogP contribution >= 0.6 is 0 Å². The Balaban J connectivity index is 2.03. The molecule has 0 aromatic heterocycles. The van der Waals surface area contributed by atoms with Gasteiger partial charge in [0.05, 0.1) is 6.61 Å². The Morgan fingerprint density at radius 2 is 1.62 bits per heavy atom. The van der Waals surface area contributed by atoms with Crippen molar-refractivity contribution in [3.8, 4) is 11.5 Å². The smallest absolute Gasteiger partial charge is 0.125 e. The number of phenolic OH excluding ortho intramolecular Hbond substituents is 2. The van der Waals surface area contributed by atoms with Crippen LogP contribution in [0.1, 0.15) is 44.0 Å². The molecule has 2 aromatic rings. The van der Waals surface area contributed by atoms with E-state index in [4.69, 9.17) is 10.5 Å². The van der Waals surface area contributed by atoms with Gasteiger partial charge in [0.25, 0.3) is 0 Å². The van der Waals surface area contributed by atoms with E-state index in [1.807, 2.05) is 45.0 Å². The lowest BCUT2D eigenvalue weighted by Gasteiger charge is -2.20. The fourth-order valence-corrected chi connectivity index (χ4v) is 2.68. The second-order valence-electron chi connectivity index (χ2n) is 6.45. The van der Waals surface area contributed by atoms with Gasteiger partial charge in [-0.3, -0.25) is 0 Å². The predicted octanol–water partition coefficient (Wildman–Crippen LogP) is 3.74. The molecule has 6 N–H and O–H groups in total. The molecule has 0 aliphatic carbocycles. The average Bonchev–Trinajstić information content (AvgIpc) is 2.59. The van der Waals surface area contributed by atoms with E-state index in [1.165, 1.54) is 6.07 Å². The van der Waals surface area contributed by atoms with E-state index in [9.17, 15) is 10.2 Å². The number of hydrogen-bond donors (Lipinski definition) is 5. The van der Waals surface area contributed by atoms with Crippen LogP contribution in [0.25, 0.3) is 0 Å². The third kappa shape index (κ3) is 5.28. The highest BCUT2D eigenvalue weighted by Crippen LogP contribution is 2.34. The number of rotatable bonds is 9. The SMILES string of the molecule is CCOCCNc1ccc(NC(N)c2cc(C(C)C)c(O)cc2O)cc1. The van der Waals surface area contributed by atoms with Gasteiger partial charge in [-0.15, -0.1) is 0 Å². The summed E-state index contributed by atoms with van der Waals surface area (Å²) < 4.78 is 5.29. The molecule has 0 saturated carbocycles. The van der Waals surface area contributed by atoms with Crippen LogP contribution in [-0.2, 0) is 4.74 Å². The van der Waals surface area contributed by atoms with E-state index in [-0.39, 0.29) is 17.4 Å². The molecule has 0 amide bonds. The second kappa shape index (κ2) is 9.31. The minimum absolute atomic E-state index is 0.0267. The summed E-state index contributed by atoms with van der Waals surface area (Å²) in [7, 11) is 0. The molecule has 0 radical (unpaired) electrons. The van der Waals surface area contributed by atoms with Gasteiger partial charge >= 0.3 is 0 Å². The van der Waals surface area contributed by atoms with Gasteiger partial charge in [-0.1, -0.05) is 13.8 Å². The van der Waals surface area contributed by atoms with E-state index in [0.717, 1.165) is 23.5 Å². The van der Waals surface area contributed by atoms with Crippen molar-refractivity contribution in [2.45, 2.75) is 32.9 Å². The molecule has 1 atom stereocenters. The first-order valence-electron chi connectivity index (χ1n) is 8.92. The number of nitrogens with two attached hydrogens (primary N) is 1. The van der Waals surface area contributed by atoms with Crippen molar-refractivity contribution in [3.63, 3.8) is 0 Å². The van der Waals surface area contributed by atoms with Gasteiger partial charge in [0, 0.05) is 36.2 Å². The minimum atomic E-state index is -0.593. The lowest BCUT2D eigenvalue weighted by Crippen LogP contribution is -2.20. The summed E-state index contributed by atoms with van der Waals surface area (Å²) in [4.78, 5) is 0. The predicted molar refractivity (Wildman–Crippen MR) is 106 cm³/mol. The van der Waals surface area contributed by atoms with Crippen LogP contribution < -0.4 is 16.4 Å². The van der Waals surface area contributed by atoms with Crippen LogP contribution in [0.15, 0.2) is 36.4 Å². The van der Waals surface area contributed by atoms with Crippen LogP contribution in [0.4, 0.5) is 11.4 Å². The van der Waals surface area contributed by atoms with Crippen molar-refractivity contribution in [2.24, 2.45) is 5.73 Å². The number of hydrogen-bond acceptors (Lipinski definition) is 6. The topological polar surface area (TPSA) is 99.8 Å². The Bertz CT molecular complexity index is 702. The van der Waals surface area contributed by atoms with Gasteiger partial charge < -0.3 is 31.3 Å². The summed E-state index contributed by atoms with van der Waals surface area (Å²) in [5.41, 5.74) is 9.35. The molecule has 6 heteroatoms. The molecule has 2 aromatic carbocycles. The van der Waals surface area contributed by atoms with Crippen LogP contribution in [0.2, 0.25) is 0 Å². The zero-order valence-electron chi connectivity index (χ0n) is 15.6. The van der Waals surface area contributed by atoms with Crippen molar-refractivity contribution >= 4 is 11.4 Å². The average molecular weight is 359 g/mol. The van der Waals surface area contributed by atoms with Gasteiger partial charge in [-0.05, 0) is 48.7 Å². The van der Waals surface area contributed by atoms with E-state index in [0.29, 0.717) is 18.8 Å². The molecule has 0 fully saturated rings. The van der Waals surface area contributed by atoms with Gasteiger partial charge in [-0.2, -0.15) is 0 Å². The van der Waals surface area contributed by atoms with Crippen LogP contribution in [0.3, 0.4) is 0 Å². The highest BCUT2D eigenvalue weighted by atomic mass is 16.5. The highest BCUT2D eigenvalue weighted by Gasteiger charge is 2.16. The molecule has 2 rings (SSSR count). The summed E-state index contributed by atoms with van der Waals surface area (Å²) in [6.07, 6.45) is -0.593. The van der Waals surface area contributed by atoms with E-state index < -0.39 is 6.17 Å². The summed E-state index contributed by atoms with van der Waals surface area (Å²) in [5, 5.41) is 26.5. The molecule has 0 bridgehead atoms. The highest BCUT2D eigenvalue weighted by molar-refractivity contribution is 5.56. The van der Waals surface area contributed by atoms with Crippen LogP contribution in [0.5, 0.6) is 11.5 Å². The maximum absolute atomic E-state index is 10.1. The lowest BCUT2D eigenvalue weighted by molar-refractivity contribution is 0.158. The number of benzene rings is 2. The number of nitrogens with one attached hydrogen (secondary N) is 2. The van der Waals surface area contributed by atoms with Crippen molar-refractivity contribution < 1.29 is 14.9 Å². The number of ether oxygens (including phenoxy) is 1. The van der Waals surface area contributed by atoms with Crippen LogP contribution in [-0.4, -0.2) is 30.0 Å². The van der Waals surface area contributed by atoms with Gasteiger partial charge in [0.15, 0.2) is 0 Å². The molecule has 142 valence electrons. The monoisotopic (exact) mass is 359 g/mol. The number of phenols is 2. The quantitative estimate of drug-likeness (QED) is 0.345. The Morgan fingerprint density at radius 1 is 1.00 bits per heavy atom. The fourth-order valence-electron chi connectivity index (χ4n) is 2.68. The van der Waals surface area contributed by atoms with E-state index in [1.54, 1.807) is 6.07 Å². The van der Waals surface area contributed by atoms with Crippen molar-refractivity contribution in [2.75, 3.05) is 30.4 Å².